The molecule has 0 spiro atoms. The number of rotatable bonds is 6. The number of anilines is 1. The van der Waals surface area contributed by atoms with E-state index in [1.165, 1.54) is 4.68 Å². The van der Waals surface area contributed by atoms with Crippen molar-refractivity contribution in [2.24, 2.45) is 0 Å². The zero-order valence-corrected chi connectivity index (χ0v) is 16.3. The van der Waals surface area contributed by atoms with E-state index in [2.05, 4.69) is 26.5 Å². The van der Waals surface area contributed by atoms with Gasteiger partial charge >= 0.3 is 0 Å². The van der Waals surface area contributed by atoms with Gasteiger partial charge in [-0.05, 0) is 47.1 Å². The van der Waals surface area contributed by atoms with Gasteiger partial charge in [-0.1, -0.05) is 41.1 Å². The molecule has 0 saturated carbocycles. The lowest BCUT2D eigenvalue weighted by Gasteiger charge is -2.13. The highest BCUT2D eigenvalue weighted by Crippen LogP contribution is 2.30. The molecule has 1 heterocycles. The molecule has 8 heteroatoms. The Kier molecular flexibility index (Phi) is 5.95. The van der Waals surface area contributed by atoms with Crippen LogP contribution in [0.1, 0.15) is 13.3 Å². The van der Waals surface area contributed by atoms with Crippen LogP contribution in [0.15, 0.2) is 68.6 Å². The van der Waals surface area contributed by atoms with Crippen LogP contribution in [0, 0.1) is 0 Å². The van der Waals surface area contributed by atoms with Crippen LogP contribution in [0.2, 0.25) is 0 Å². The van der Waals surface area contributed by atoms with Crippen molar-refractivity contribution in [1.29, 1.82) is 0 Å². The fraction of sp³-hybridized carbons (Fsp3) is 0.167. The van der Waals surface area contributed by atoms with Crippen LogP contribution < -0.4 is 15.1 Å². The molecule has 1 unspecified atom stereocenters. The zero-order chi connectivity index (χ0) is 18.5. The molecule has 3 rings (SSSR count). The largest absolute Gasteiger partial charge is 0.538 e. The number of hydrogen-bond donors (Lipinski definition) is 1. The van der Waals surface area contributed by atoms with Crippen molar-refractivity contribution in [3.63, 3.8) is 0 Å². The molecule has 0 aliphatic rings. The highest BCUT2D eigenvalue weighted by Gasteiger charge is 2.28. The van der Waals surface area contributed by atoms with Gasteiger partial charge in [0, 0.05) is 22.3 Å². The number of thioether (sulfide) groups is 1. The topological polar surface area (TPSA) is 82.1 Å². The van der Waals surface area contributed by atoms with Gasteiger partial charge in [-0.3, -0.25) is 4.79 Å². The fourth-order valence-electron chi connectivity index (χ4n) is 2.29. The van der Waals surface area contributed by atoms with Gasteiger partial charge in [0.2, 0.25) is 11.6 Å². The first kappa shape index (κ1) is 18.5. The number of nitrogens with one attached hydrogen (secondary N) is 1. The van der Waals surface area contributed by atoms with Crippen LogP contribution in [0.5, 0.6) is 5.95 Å². The summed E-state index contributed by atoms with van der Waals surface area (Å²) in [5, 5.41) is 18.6. The molecule has 1 atom stereocenters. The van der Waals surface area contributed by atoms with Gasteiger partial charge < -0.3 is 14.9 Å². The van der Waals surface area contributed by atoms with Gasteiger partial charge in [0.15, 0.2) is 5.95 Å². The molecule has 1 aromatic heterocycles. The van der Waals surface area contributed by atoms with Crippen molar-refractivity contribution >= 4 is 39.3 Å². The van der Waals surface area contributed by atoms with Crippen LogP contribution in [0.3, 0.4) is 0 Å². The Morgan fingerprint density at radius 3 is 2.62 bits per heavy atom. The van der Waals surface area contributed by atoms with Gasteiger partial charge in [-0.15, -0.1) is 0 Å². The summed E-state index contributed by atoms with van der Waals surface area (Å²) in [5.41, 5.74) is 1.39. The van der Waals surface area contributed by atoms with E-state index in [0.717, 1.165) is 16.2 Å². The average molecular weight is 434 g/mol. The van der Waals surface area contributed by atoms with Gasteiger partial charge in [0.25, 0.3) is 5.03 Å². The summed E-state index contributed by atoms with van der Waals surface area (Å²) in [4.78, 5) is 12.6. The van der Waals surface area contributed by atoms with E-state index < -0.39 is 11.2 Å². The number of carbonyl (C=O) groups is 1. The molecule has 0 fully saturated rings. The Labute approximate surface area is 163 Å². The summed E-state index contributed by atoms with van der Waals surface area (Å²) in [6.45, 7) is 1.89. The highest BCUT2D eigenvalue weighted by molar-refractivity contribution is 9.10. The van der Waals surface area contributed by atoms with E-state index in [4.69, 9.17) is 4.52 Å². The van der Waals surface area contributed by atoms with E-state index in [-0.39, 0.29) is 10.9 Å². The van der Waals surface area contributed by atoms with E-state index in [0.29, 0.717) is 17.8 Å². The maximum Gasteiger partial charge on any atom is 0.298 e. The van der Waals surface area contributed by atoms with Crippen LogP contribution in [-0.2, 0) is 4.79 Å². The van der Waals surface area contributed by atoms with Crippen molar-refractivity contribution in [3.8, 4) is 11.6 Å². The minimum atomic E-state index is -0.561. The Morgan fingerprint density at radius 2 is 1.96 bits per heavy atom. The van der Waals surface area contributed by atoms with E-state index >= 15 is 0 Å². The molecular formula is C18H16BrN3O3S. The third kappa shape index (κ3) is 4.25. The van der Waals surface area contributed by atoms with E-state index in [1.807, 2.05) is 61.5 Å². The SMILES string of the molecule is CCC(Sc1c([O-])on[n+]1-c1ccccc1)C(=O)Nc1ccc(Br)cc1. The highest BCUT2D eigenvalue weighted by atomic mass is 79.9. The number of carbonyl (C=O) groups excluding carboxylic acids is 1. The summed E-state index contributed by atoms with van der Waals surface area (Å²) in [5.74, 6) is -0.742. The number of hydrogen-bond acceptors (Lipinski definition) is 5. The Bertz CT molecular complexity index is 884. The summed E-state index contributed by atoms with van der Waals surface area (Å²) >= 11 is 4.51. The van der Waals surface area contributed by atoms with Crippen LogP contribution in [0.25, 0.3) is 5.69 Å². The molecule has 1 amide bonds. The Hall–Kier alpha value is -2.32. The van der Waals surface area contributed by atoms with Crippen molar-refractivity contribution < 1.29 is 19.1 Å². The Balaban J connectivity index is 1.79. The second-order valence-electron chi connectivity index (χ2n) is 5.42. The number of para-hydroxylation sites is 1. The minimum Gasteiger partial charge on any atom is -0.538 e. The first-order chi connectivity index (χ1) is 12.6. The van der Waals surface area contributed by atoms with Crippen molar-refractivity contribution in [2.75, 3.05) is 5.32 Å². The first-order valence-corrected chi connectivity index (χ1v) is 9.63. The second kappa shape index (κ2) is 8.37. The first-order valence-electron chi connectivity index (χ1n) is 7.96. The number of benzene rings is 2. The van der Waals surface area contributed by atoms with E-state index in [9.17, 15) is 9.90 Å². The number of amides is 1. The molecule has 134 valence electrons. The lowest BCUT2D eigenvalue weighted by atomic mass is 10.3. The van der Waals surface area contributed by atoms with Gasteiger partial charge in [0.05, 0.1) is 10.5 Å². The molecule has 2 aromatic carbocycles. The average Bonchev–Trinajstić information content (AvgIpc) is 3.02. The molecule has 0 aliphatic heterocycles. The molecule has 0 radical (unpaired) electrons. The monoisotopic (exact) mass is 433 g/mol. The van der Waals surface area contributed by atoms with Crippen molar-refractivity contribution in [3.05, 3.63) is 59.1 Å². The zero-order valence-electron chi connectivity index (χ0n) is 13.9. The molecular weight excluding hydrogens is 418 g/mol. The maximum absolute atomic E-state index is 12.6. The number of aromatic nitrogens is 2. The van der Waals surface area contributed by atoms with Crippen molar-refractivity contribution in [1.82, 2.24) is 5.27 Å². The molecule has 0 saturated heterocycles. The van der Waals surface area contributed by atoms with Crippen molar-refractivity contribution in [2.45, 2.75) is 23.6 Å². The summed E-state index contributed by atoms with van der Waals surface area (Å²) in [7, 11) is 0. The smallest absolute Gasteiger partial charge is 0.298 e. The third-order valence-corrected chi connectivity index (χ3v) is 5.53. The standard InChI is InChI=1S/C18H16BrN3O3S/c1-2-15(16(23)20-13-10-8-12(19)9-11-13)26-17-18(24)25-21-22(17)14-6-4-3-5-7-14/h3-11,15H,2H2,1H3,(H-,20,21,23,24). The van der Waals surface area contributed by atoms with Gasteiger partial charge in [-0.2, -0.15) is 0 Å². The quantitative estimate of drug-likeness (QED) is 0.476. The Morgan fingerprint density at radius 1 is 1.27 bits per heavy atom. The van der Waals surface area contributed by atoms with Crippen LogP contribution in [-0.4, -0.2) is 16.4 Å². The number of nitrogens with zero attached hydrogens (tertiary/aromatic N) is 2. The molecule has 3 aromatic rings. The molecule has 0 bridgehead atoms. The molecule has 6 nitrogen and oxygen atoms in total. The third-order valence-electron chi connectivity index (χ3n) is 3.60. The number of halogens is 1. The van der Waals surface area contributed by atoms with Gasteiger partial charge in [0.1, 0.15) is 0 Å². The minimum absolute atomic E-state index is 0.181. The maximum atomic E-state index is 12.6. The molecule has 0 aliphatic carbocycles. The second-order valence-corrected chi connectivity index (χ2v) is 7.53. The summed E-state index contributed by atoms with van der Waals surface area (Å²) < 4.78 is 7.16. The van der Waals surface area contributed by atoms with Crippen LogP contribution >= 0.6 is 27.7 Å². The summed E-state index contributed by atoms with van der Waals surface area (Å²) in [6, 6.07) is 16.5. The fourth-order valence-corrected chi connectivity index (χ4v) is 3.52. The molecule has 26 heavy (non-hydrogen) atoms. The predicted molar refractivity (Wildman–Crippen MR) is 100 cm³/mol. The van der Waals surface area contributed by atoms with Crippen LogP contribution in [0.4, 0.5) is 5.69 Å². The predicted octanol–water partition coefficient (Wildman–Crippen LogP) is 3.30. The lowest BCUT2D eigenvalue weighted by molar-refractivity contribution is -0.705. The normalized spacial score (nSPS) is 11.9. The lowest BCUT2D eigenvalue weighted by Crippen LogP contribution is -2.36. The summed E-state index contributed by atoms with van der Waals surface area (Å²) in [6.07, 6.45) is 0.548. The van der Waals surface area contributed by atoms with E-state index in [1.54, 1.807) is 0 Å². The van der Waals surface area contributed by atoms with Gasteiger partial charge in [-0.25, -0.2) is 0 Å². The molecule has 1 N–H and O–H groups in total.